The zero-order valence-corrected chi connectivity index (χ0v) is 14.6. The van der Waals surface area contributed by atoms with E-state index in [1.807, 2.05) is 54.6 Å². The highest BCUT2D eigenvalue weighted by Gasteiger charge is 2.43. The summed E-state index contributed by atoms with van der Waals surface area (Å²) in [5.41, 5.74) is 2.71. The molecule has 4 rings (SSSR count). The fourth-order valence-corrected chi connectivity index (χ4v) is 3.62. The van der Waals surface area contributed by atoms with Gasteiger partial charge in [-0.05, 0) is 48.8 Å². The van der Waals surface area contributed by atoms with Crippen molar-refractivity contribution < 1.29 is 14.6 Å². The van der Waals surface area contributed by atoms with Gasteiger partial charge in [-0.15, -0.1) is 0 Å². The summed E-state index contributed by atoms with van der Waals surface area (Å²) in [4.78, 5) is 12.5. The van der Waals surface area contributed by atoms with E-state index in [0.717, 1.165) is 24.8 Å². The third-order valence-electron chi connectivity index (χ3n) is 5.08. The Morgan fingerprint density at radius 3 is 2.35 bits per heavy atom. The molecule has 26 heavy (non-hydrogen) atoms. The Bertz CT molecular complexity index is 846. The van der Waals surface area contributed by atoms with E-state index in [4.69, 9.17) is 4.74 Å². The summed E-state index contributed by atoms with van der Waals surface area (Å²) in [5, 5.41) is 10.7. The van der Waals surface area contributed by atoms with Crippen LogP contribution in [0.3, 0.4) is 0 Å². The molecular weight excluding hydrogens is 324 g/mol. The smallest absolute Gasteiger partial charge is 0.344 e. The number of cyclic esters (lactones) is 1. The first-order chi connectivity index (χ1) is 12.7. The summed E-state index contributed by atoms with van der Waals surface area (Å²) in [6.45, 7) is 0. The van der Waals surface area contributed by atoms with Crippen molar-refractivity contribution in [1.29, 1.82) is 0 Å². The van der Waals surface area contributed by atoms with Gasteiger partial charge in [0.1, 0.15) is 0 Å². The Morgan fingerprint density at radius 1 is 1.04 bits per heavy atom. The highest BCUT2D eigenvalue weighted by Crippen LogP contribution is 2.49. The molecule has 0 spiro atoms. The molecule has 1 N–H and O–H groups in total. The standard InChI is InChI=1S/C23H22O3/c24-22-19(13-7-10-16-8-3-1-4-9-16)26-23(25)21(22)20(18-14-15-18)17-11-5-2-6-12-17/h1-6,8-9,11-13,18,20,24H,7,10,14-15H2/b19-13-. The van der Waals surface area contributed by atoms with Gasteiger partial charge in [0.2, 0.25) is 0 Å². The van der Waals surface area contributed by atoms with E-state index in [1.54, 1.807) is 0 Å². The highest BCUT2D eigenvalue weighted by atomic mass is 16.6. The largest absolute Gasteiger partial charge is 0.504 e. The number of hydrogen-bond acceptors (Lipinski definition) is 3. The van der Waals surface area contributed by atoms with Crippen molar-refractivity contribution in [3.63, 3.8) is 0 Å². The Labute approximate surface area is 153 Å². The minimum Gasteiger partial charge on any atom is -0.504 e. The van der Waals surface area contributed by atoms with Gasteiger partial charge in [0, 0.05) is 5.92 Å². The topological polar surface area (TPSA) is 46.5 Å². The van der Waals surface area contributed by atoms with Crippen LogP contribution in [0.15, 0.2) is 83.8 Å². The lowest BCUT2D eigenvalue weighted by Gasteiger charge is -2.16. The number of ether oxygens (including phenoxy) is 1. The summed E-state index contributed by atoms with van der Waals surface area (Å²) in [5.74, 6) is 0.245. The van der Waals surface area contributed by atoms with E-state index in [-0.39, 0.29) is 11.7 Å². The van der Waals surface area contributed by atoms with Gasteiger partial charge < -0.3 is 9.84 Å². The number of benzene rings is 2. The number of aliphatic hydroxyl groups is 1. The molecule has 1 heterocycles. The van der Waals surface area contributed by atoms with Crippen LogP contribution in [0.25, 0.3) is 0 Å². The van der Waals surface area contributed by atoms with Gasteiger partial charge in [-0.3, -0.25) is 0 Å². The van der Waals surface area contributed by atoms with E-state index in [2.05, 4.69) is 12.1 Å². The third-order valence-corrected chi connectivity index (χ3v) is 5.08. The summed E-state index contributed by atoms with van der Waals surface area (Å²) < 4.78 is 5.40. The SMILES string of the molecule is O=C1O/C(=C\CCc2ccccc2)C(O)=C1C(c1ccccc1)C1CC1. The number of hydrogen-bond donors (Lipinski definition) is 1. The van der Waals surface area contributed by atoms with E-state index in [0.29, 0.717) is 23.7 Å². The molecule has 0 aromatic heterocycles. The molecule has 132 valence electrons. The number of rotatable bonds is 6. The van der Waals surface area contributed by atoms with Crippen LogP contribution in [-0.2, 0) is 16.0 Å². The first-order valence-electron chi connectivity index (χ1n) is 9.19. The molecule has 1 aliphatic carbocycles. The van der Waals surface area contributed by atoms with Gasteiger partial charge in [0.25, 0.3) is 0 Å². The fourth-order valence-electron chi connectivity index (χ4n) is 3.62. The summed E-state index contributed by atoms with van der Waals surface area (Å²) >= 11 is 0. The Morgan fingerprint density at radius 2 is 1.69 bits per heavy atom. The Kier molecular flexibility index (Phi) is 4.61. The molecule has 1 fully saturated rings. The maximum absolute atomic E-state index is 12.5. The molecule has 0 bridgehead atoms. The molecule has 3 nitrogen and oxygen atoms in total. The number of aryl methyl sites for hydroxylation is 1. The molecule has 2 aliphatic rings. The molecule has 3 heteroatoms. The molecular formula is C23H22O3. The second kappa shape index (κ2) is 7.20. The number of carbonyl (C=O) groups excluding carboxylic acids is 1. The van der Waals surface area contributed by atoms with Gasteiger partial charge in [-0.25, -0.2) is 4.79 Å². The number of aliphatic hydroxyl groups excluding tert-OH is 1. The molecule has 1 atom stereocenters. The molecule has 0 saturated heterocycles. The van der Waals surface area contributed by atoms with Crippen LogP contribution in [0.2, 0.25) is 0 Å². The van der Waals surface area contributed by atoms with Crippen LogP contribution in [0.4, 0.5) is 0 Å². The maximum Gasteiger partial charge on any atom is 0.344 e. The lowest BCUT2D eigenvalue weighted by molar-refractivity contribution is -0.133. The van der Waals surface area contributed by atoms with E-state index < -0.39 is 5.97 Å². The van der Waals surface area contributed by atoms with Gasteiger partial charge in [0.15, 0.2) is 11.5 Å². The molecule has 2 aromatic rings. The summed E-state index contributed by atoms with van der Waals surface area (Å²) in [6, 6.07) is 20.1. The number of esters is 1. The van der Waals surface area contributed by atoms with Crippen molar-refractivity contribution in [3.05, 3.63) is 95.0 Å². The monoisotopic (exact) mass is 346 g/mol. The molecule has 1 aliphatic heterocycles. The first-order valence-corrected chi connectivity index (χ1v) is 9.19. The molecule has 0 amide bonds. The second-order valence-corrected chi connectivity index (χ2v) is 6.97. The quantitative estimate of drug-likeness (QED) is 0.743. The predicted octanol–water partition coefficient (Wildman–Crippen LogP) is 5.07. The van der Waals surface area contributed by atoms with Gasteiger partial charge in [0.05, 0.1) is 5.57 Å². The van der Waals surface area contributed by atoms with Crippen molar-refractivity contribution in [2.45, 2.75) is 31.6 Å². The van der Waals surface area contributed by atoms with E-state index in [1.165, 1.54) is 5.56 Å². The number of allylic oxidation sites excluding steroid dienone is 1. The molecule has 0 radical (unpaired) electrons. The van der Waals surface area contributed by atoms with Crippen molar-refractivity contribution in [2.24, 2.45) is 5.92 Å². The average molecular weight is 346 g/mol. The van der Waals surface area contributed by atoms with Crippen LogP contribution in [0.1, 0.15) is 36.3 Å². The zero-order chi connectivity index (χ0) is 17.9. The molecule has 1 saturated carbocycles. The van der Waals surface area contributed by atoms with Crippen molar-refractivity contribution in [2.75, 3.05) is 0 Å². The van der Waals surface area contributed by atoms with Crippen LogP contribution in [0, 0.1) is 5.92 Å². The number of carbonyl (C=O) groups is 1. The Balaban J connectivity index is 1.57. The average Bonchev–Trinajstić information content (AvgIpc) is 3.46. The van der Waals surface area contributed by atoms with Crippen LogP contribution >= 0.6 is 0 Å². The van der Waals surface area contributed by atoms with E-state index >= 15 is 0 Å². The minimum atomic E-state index is -0.408. The van der Waals surface area contributed by atoms with Crippen molar-refractivity contribution in [3.8, 4) is 0 Å². The second-order valence-electron chi connectivity index (χ2n) is 6.97. The Hall–Kier alpha value is -2.81. The molecule has 1 unspecified atom stereocenters. The van der Waals surface area contributed by atoms with Crippen molar-refractivity contribution >= 4 is 5.97 Å². The lowest BCUT2D eigenvalue weighted by Crippen LogP contribution is -2.12. The van der Waals surface area contributed by atoms with Crippen LogP contribution < -0.4 is 0 Å². The van der Waals surface area contributed by atoms with Gasteiger partial charge in [-0.1, -0.05) is 60.7 Å². The lowest BCUT2D eigenvalue weighted by atomic mass is 9.86. The van der Waals surface area contributed by atoms with Gasteiger partial charge >= 0.3 is 5.97 Å². The first kappa shape index (κ1) is 16.6. The van der Waals surface area contributed by atoms with Gasteiger partial charge in [-0.2, -0.15) is 0 Å². The zero-order valence-electron chi connectivity index (χ0n) is 14.6. The van der Waals surface area contributed by atoms with Crippen molar-refractivity contribution in [1.82, 2.24) is 0 Å². The van der Waals surface area contributed by atoms with Crippen LogP contribution in [-0.4, -0.2) is 11.1 Å². The van der Waals surface area contributed by atoms with E-state index in [9.17, 15) is 9.90 Å². The summed E-state index contributed by atoms with van der Waals surface area (Å²) in [6.07, 6.45) is 5.54. The van der Waals surface area contributed by atoms with Crippen LogP contribution in [0.5, 0.6) is 0 Å². The highest BCUT2D eigenvalue weighted by molar-refractivity contribution is 5.95. The normalized spacial score (nSPS) is 19.7. The summed E-state index contributed by atoms with van der Waals surface area (Å²) in [7, 11) is 0. The fraction of sp³-hybridized carbons (Fsp3) is 0.261. The third kappa shape index (κ3) is 3.43. The minimum absolute atomic E-state index is 0.0174. The maximum atomic E-state index is 12.5. The predicted molar refractivity (Wildman–Crippen MR) is 100 cm³/mol. The molecule has 2 aromatic carbocycles.